The Balaban J connectivity index is 1.53. The highest BCUT2D eigenvalue weighted by Gasteiger charge is 2.68. The number of ketones is 1. The average Bonchev–Trinajstić information content (AvgIpc) is 3.11. The number of rotatable bonds is 0. The molecule has 4 heteroatoms. The third-order valence-electron chi connectivity index (χ3n) is 9.32. The monoisotopic (exact) mass is 374 g/mol. The van der Waals surface area contributed by atoms with E-state index >= 15 is 0 Å². The van der Waals surface area contributed by atoms with Crippen LogP contribution in [0.15, 0.2) is 11.6 Å². The molecule has 4 fully saturated rings. The number of esters is 1. The van der Waals surface area contributed by atoms with Crippen molar-refractivity contribution in [3.8, 4) is 0 Å². The maximum absolute atomic E-state index is 12.0. The van der Waals surface area contributed by atoms with E-state index < -0.39 is 0 Å². The van der Waals surface area contributed by atoms with Crippen molar-refractivity contribution < 1.29 is 14.3 Å². The SMILES string of the molecule is C[C@]12CCC(=O)C=C1C[C@@H](S)C1[C@@H]2CC[C@@]2(C)[C@H]1CC[C@@]21CCC(=O)O1. The second kappa shape index (κ2) is 5.40. The molecule has 0 aromatic carbocycles. The van der Waals surface area contributed by atoms with Crippen molar-refractivity contribution in [1.29, 1.82) is 0 Å². The van der Waals surface area contributed by atoms with Crippen LogP contribution in [-0.2, 0) is 14.3 Å². The van der Waals surface area contributed by atoms with Crippen LogP contribution >= 0.6 is 12.6 Å². The smallest absolute Gasteiger partial charge is 0.306 e. The van der Waals surface area contributed by atoms with Crippen LogP contribution < -0.4 is 0 Å². The molecule has 1 heterocycles. The lowest BCUT2D eigenvalue weighted by molar-refractivity contribution is -0.167. The standard InChI is InChI=1S/C22H30O3S/c1-20-7-3-14(23)11-13(20)12-17(26)19-15(20)4-8-21(2)16(19)5-9-22(21)10-6-18(24)25-22/h11,15-17,19,26H,3-10,12H2,1-2H3/t15-,16-,17+,19?,20-,21-,22+/m0/s1. The molecule has 1 spiro atoms. The first-order valence-electron chi connectivity index (χ1n) is 10.4. The minimum absolute atomic E-state index is 0.00282. The Hall–Kier alpha value is -0.770. The Morgan fingerprint density at radius 2 is 1.81 bits per heavy atom. The van der Waals surface area contributed by atoms with E-state index in [9.17, 15) is 9.59 Å². The van der Waals surface area contributed by atoms with Crippen molar-refractivity contribution in [3.05, 3.63) is 11.6 Å². The normalized spacial score (nSPS) is 53.0. The number of carbonyl (C=O) groups excluding carboxylic acids is 2. The molecular formula is C22H30O3S. The van der Waals surface area contributed by atoms with Crippen molar-refractivity contribution in [2.45, 2.75) is 82.5 Å². The second-order valence-corrected chi connectivity index (χ2v) is 10.7. The van der Waals surface area contributed by atoms with Gasteiger partial charge >= 0.3 is 5.97 Å². The average molecular weight is 375 g/mol. The molecule has 3 saturated carbocycles. The Morgan fingerprint density at radius 3 is 2.54 bits per heavy atom. The van der Waals surface area contributed by atoms with Gasteiger partial charge in [0.05, 0.1) is 0 Å². The van der Waals surface area contributed by atoms with Gasteiger partial charge in [-0.25, -0.2) is 0 Å². The minimum Gasteiger partial charge on any atom is -0.458 e. The zero-order valence-electron chi connectivity index (χ0n) is 15.9. The lowest BCUT2D eigenvalue weighted by Crippen LogP contribution is -2.57. The zero-order chi connectivity index (χ0) is 18.3. The highest BCUT2D eigenvalue weighted by molar-refractivity contribution is 7.81. The zero-order valence-corrected chi connectivity index (χ0v) is 16.8. The number of hydrogen-bond acceptors (Lipinski definition) is 4. The van der Waals surface area contributed by atoms with Crippen LogP contribution in [0.1, 0.15) is 71.6 Å². The summed E-state index contributed by atoms with van der Waals surface area (Å²) in [4.78, 5) is 24.0. The largest absolute Gasteiger partial charge is 0.458 e. The van der Waals surface area contributed by atoms with Gasteiger partial charge in [0.2, 0.25) is 0 Å². The molecule has 5 rings (SSSR count). The van der Waals surface area contributed by atoms with Crippen molar-refractivity contribution in [3.63, 3.8) is 0 Å². The molecule has 142 valence electrons. The molecule has 7 atom stereocenters. The van der Waals surface area contributed by atoms with Crippen LogP contribution in [0.4, 0.5) is 0 Å². The fraction of sp³-hybridized carbons (Fsp3) is 0.818. The van der Waals surface area contributed by atoms with Crippen LogP contribution in [0.25, 0.3) is 0 Å². The first kappa shape index (κ1) is 17.3. The molecule has 0 radical (unpaired) electrons. The second-order valence-electron chi connectivity index (χ2n) is 10.1. The third kappa shape index (κ3) is 2.03. The van der Waals surface area contributed by atoms with E-state index in [1.54, 1.807) is 0 Å². The fourth-order valence-electron chi connectivity index (χ4n) is 7.82. The van der Waals surface area contributed by atoms with Crippen LogP contribution in [0.2, 0.25) is 0 Å². The maximum atomic E-state index is 12.0. The van der Waals surface area contributed by atoms with Gasteiger partial charge in [0.15, 0.2) is 5.78 Å². The Morgan fingerprint density at radius 1 is 1.04 bits per heavy atom. The summed E-state index contributed by atoms with van der Waals surface area (Å²) in [6.45, 7) is 4.81. The first-order valence-corrected chi connectivity index (χ1v) is 10.9. The summed E-state index contributed by atoms with van der Waals surface area (Å²) in [6.07, 6.45) is 10.6. The van der Waals surface area contributed by atoms with E-state index in [1.807, 2.05) is 6.08 Å². The number of carbonyl (C=O) groups is 2. The number of hydrogen-bond donors (Lipinski definition) is 1. The summed E-state index contributed by atoms with van der Waals surface area (Å²) < 4.78 is 6.02. The van der Waals surface area contributed by atoms with Crippen LogP contribution in [0.5, 0.6) is 0 Å². The maximum Gasteiger partial charge on any atom is 0.306 e. The van der Waals surface area contributed by atoms with Gasteiger partial charge in [-0.3, -0.25) is 9.59 Å². The van der Waals surface area contributed by atoms with Gasteiger partial charge in [-0.05, 0) is 74.2 Å². The van der Waals surface area contributed by atoms with Crippen LogP contribution in [0.3, 0.4) is 0 Å². The highest BCUT2D eigenvalue weighted by atomic mass is 32.1. The highest BCUT2D eigenvalue weighted by Crippen LogP contribution is 2.70. The van der Waals surface area contributed by atoms with Crippen molar-refractivity contribution >= 4 is 24.4 Å². The number of fused-ring (bicyclic) bond motifs is 6. The van der Waals surface area contributed by atoms with E-state index in [1.165, 1.54) is 12.0 Å². The molecule has 1 unspecified atom stereocenters. The Bertz CT molecular complexity index is 714. The molecule has 0 N–H and O–H groups in total. The third-order valence-corrected chi connectivity index (χ3v) is 9.84. The lowest BCUT2D eigenvalue weighted by Gasteiger charge is -2.60. The fourth-order valence-corrected chi connectivity index (χ4v) is 8.44. The first-order chi connectivity index (χ1) is 12.3. The minimum atomic E-state index is -0.216. The van der Waals surface area contributed by atoms with Crippen molar-refractivity contribution in [1.82, 2.24) is 0 Å². The van der Waals surface area contributed by atoms with Gasteiger partial charge in [0, 0.05) is 23.5 Å². The molecule has 4 aliphatic carbocycles. The summed E-state index contributed by atoms with van der Waals surface area (Å²) in [5.41, 5.74) is 1.41. The molecule has 0 aromatic rings. The van der Waals surface area contributed by atoms with Gasteiger partial charge in [-0.15, -0.1) is 0 Å². The lowest BCUT2D eigenvalue weighted by atomic mass is 9.46. The molecule has 0 bridgehead atoms. The van der Waals surface area contributed by atoms with Gasteiger partial charge in [-0.1, -0.05) is 19.4 Å². The molecule has 3 nitrogen and oxygen atoms in total. The molecule has 26 heavy (non-hydrogen) atoms. The Labute approximate surface area is 161 Å². The van der Waals surface area contributed by atoms with Gasteiger partial charge in [0.25, 0.3) is 0 Å². The van der Waals surface area contributed by atoms with E-state index in [-0.39, 0.29) is 22.4 Å². The van der Waals surface area contributed by atoms with E-state index in [2.05, 4.69) is 13.8 Å². The van der Waals surface area contributed by atoms with Gasteiger partial charge < -0.3 is 4.74 Å². The molecule has 0 amide bonds. The van der Waals surface area contributed by atoms with E-state index in [0.29, 0.717) is 41.6 Å². The van der Waals surface area contributed by atoms with Crippen LogP contribution in [0, 0.1) is 28.6 Å². The molecule has 0 aromatic heterocycles. The number of ether oxygens (including phenoxy) is 1. The predicted molar refractivity (Wildman–Crippen MR) is 103 cm³/mol. The molecule has 5 aliphatic rings. The van der Waals surface area contributed by atoms with Crippen molar-refractivity contribution in [2.24, 2.45) is 28.6 Å². The quantitative estimate of drug-likeness (QED) is 0.501. The summed E-state index contributed by atoms with van der Waals surface area (Å²) in [5.74, 6) is 2.08. The number of thiol groups is 1. The summed E-state index contributed by atoms with van der Waals surface area (Å²) in [6, 6.07) is 0. The molecule has 1 aliphatic heterocycles. The van der Waals surface area contributed by atoms with Crippen molar-refractivity contribution in [2.75, 3.05) is 0 Å². The topological polar surface area (TPSA) is 43.4 Å². The Kier molecular flexibility index (Phi) is 3.60. The van der Waals surface area contributed by atoms with E-state index in [4.69, 9.17) is 17.4 Å². The van der Waals surface area contributed by atoms with Gasteiger partial charge in [-0.2, -0.15) is 12.6 Å². The predicted octanol–water partition coefficient (Wildman–Crippen LogP) is 4.50. The summed E-state index contributed by atoms with van der Waals surface area (Å²) >= 11 is 5.07. The van der Waals surface area contributed by atoms with Crippen LogP contribution in [-0.4, -0.2) is 22.6 Å². The molecule has 1 saturated heterocycles. The van der Waals surface area contributed by atoms with E-state index in [0.717, 1.165) is 38.5 Å². The number of allylic oxidation sites excluding steroid dienone is 1. The van der Waals surface area contributed by atoms with Gasteiger partial charge in [0.1, 0.15) is 5.60 Å². The summed E-state index contributed by atoms with van der Waals surface area (Å²) in [7, 11) is 0. The molecular weight excluding hydrogens is 344 g/mol. The summed E-state index contributed by atoms with van der Waals surface area (Å²) in [5, 5.41) is 0.321.